The van der Waals surface area contributed by atoms with E-state index in [1.807, 2.05) is 12.1 Å². The molecule has 8 heteroatoms. The van der Waals surface area contributed by atoms with Crippen molar-refractivity contribution in [1.29, 1.82) is 0 Å². The molecule has 4 aromatic rings. The van der Waals surface area contributed by atoms with Crippen LogP contribution in [0.3, 0.4) is 0 Å². The van der Waals surface area contributed by atoms with Gasteiger partial charge in [-0.15, -0.1) is 11.3 Å². The molecule has 4 heterocycles. The molecule has 4 aromatic heterocycles. The summed E-state index contributed by atoms with van der Waals surface area (Å²) < 4.78 is 1.46. The predicted molar refractivity (Wildman–Crippen MR) is 91.8 cm³/mol. The van der Waals surface area contributed by atoms with Crippen molar-refractivity contribution in [1.82, 2.24) is 24.7 Å². The summed E-state index contributed by atoms with van der Waals surface area (Å²) in [5, 5.41) is 18.1. The van der Waals surface area contributed by atoms with Crippen LogP contribution in [0.15, 0.2) is 47.7 Å². The summed E-state index contributed by atoms with van der Waals surface area (Å²) >= 11 is 1.52. The maximum Gasteiger partial charge on any atom is 0.252 e. The number of H-pyrrole nitrogens is 1. The maximum absolute atomic E-state index is 11.9. The van der Waals surface area contributed by atoms with E-state index < -0.39 is 0 Å². The summed E-state index contributed by atoms with van der Waals surface area (Å²) in [6.07, 6.45) is 5.27. The van der Waals surface area contributed by atoms with Gasteiger partial charge in [0.05, 0.1) is 23.7 Å². The molecule has 0 aromatic carbocycles. The van der Waals surface area contributed by atoms with Gasteiger partial charge in [-0.1, -0.05) is 0 Å². The second kappa shape index (κ2) is 5.99. The van der Waals surface area contributed by atoms with E-state index in [0.717, 1.165) is 26.5 Å². The van der Waals surface area contributed by atoms with Crippen LogP contribution in [0.4, 0.5) is 0 Å². The van der Waals surface area contributed by atoms with Crippen molar-refractivity contribution in [2.75, 3.05) is 6.61 Å². The van der Waals surface area contributed by atoms with E-state index in [4.69, 9.17) is 5.11 Å². The lowest BCUT2D eigenvalue weighted by Crippen LogP contribution is -2.21. The molecular formula is C16H13N5O2S. The first-order chi connectivity index (χ1) is 11.8. The van der Waals surface area contributed by atoms with Crippen molar-refractivity contribution < 1.29 is 5.11 Å². The van der Waals surface area contributed by atoms with Gasteiger partial charge in [-0.05, 0) is 18.2 Å². The quantitative estimate of drug-likeness (QED) is 0.592. The molecule has 0 amide bonds. The Hall–Kier alpha value is -2.84. The highest BCUT2D eigenvalue weighted by Gasteiger charge is 2.15. The Bertz CT molecular complexity index is 1050. The minimum Gasteiger partial charge on any atom is -0.395 e. The van der Waals surface area contributed by atoms with E-state index in [1.54, 1.807) is 24.7 Å². The standard InChI is InChI=1S/C16H13N5O2S/c22-7-6-21-13(23)4-3-11-14(19-20-15(11)21)12-9-18-16(24-12)10-2-1-5-17-8-10/h1-5,8-9,22H,6-7H2,(H,19,20). The van der Waals surface area contributed by atoms with Crippen LogP contribution in [0, 0.1) is 0 Å². The number of aromatic amines is 1. The number of aliphatic hydroxyl groups is 1. The third-order valence-electron chi connectivity index (χ3n) is 3.68. The number of rotatable bonds is 4. The molecule has 2 N–H and O–H groups in total. The van der Waals surface area contributed by atoms with Crippen molar-refractivity contribution in [2.24, 2.45) is 0 Å². The molecule has 0 spiro atoms. The SMILES string of the molecule is O=c1ccc2c(-c3cnc(-c4cccnc4)s3)[nH]nc2n1CCO. The number of fused-ring (bicyclic) bond motifs is 1. The lowest BCUT2D eigenvalue weighted by molar-refractivity contribution is 0.276. The average Bonchev–Trinajstić information content (AvgIpc) is 3.25. The summed E-state index contributed by atoms with van der Waals surface area (Å²) in [6.45, 7) is 0.0943. The number of nitrogens with zero attached hydrogens (tertiary/aromatic N) is 4. The molecule has 0 saturated carbocycles. The van der Waals surface area contributed by atoms with Crippen molar-refractivity contribution in [3.05, 3.63) is 53.2 Å². The Labute approximate surface area is 140 Å². The van der Waals surface area contributed by atoms with Crippen molar-refractivity contribution in [3.8, 4) is 21.1 Å². The van der Waals surface area contributed by atoms with Gasteiger partial charge in [-0.25, -0.2) is 4.98 Å². The minimum atomic E-state index is -0.185. The van der Waals surface area contributed by atoms with Crippen LogP contribution in [0.25, 0.3) is 32.2 Å². The van der Waals surface area contributed by atoms with Gasteiger partial charge in [0.25, 0.3) is 5.56 Å². The third kappa shape index (κ3) is 2.41. The molecule has 24 heavy (non-hydrogen) atoms. The number of aliphatic hydroxyl groups excluding tert-OH is 1. The molecule has 4 rings (SSSR count). The van der Waals surface area contributed by atoms with E-state index in [1.165, 1.54) is 22.0 Å². The molecule has 0 fully saturated rings. The fourth-order valence-corrected chi connectivity index (χ4v) is 3.49. The number of nitrogens with one attached hydrogen (secondary N) is 1. The summed E-state index contributed by atoms with van der Waals surface area (Å²) in [6, 6.07) is 7.06. The van der Waals surface area contributed by atoms with Crippen LogP contribution >= 0.6 is 11.3 Å². The first kappa shape index (κ1) is 14.7. The van der Waals surface area contributed by atoms with Gasteiger partial charge < -0.3 is 5.11 Å². The normalized spacial score (nSPS) is 11.2. The van der Waals surface area contributed by atoms with E-state index in [-0.39, 0.29) is 18.7 Å². The monoisotopic (exact) mass is 339 g/mol. The predicted octanol–water partition coefficient (Wildman–Crippen LogP) is 1.90. The fourth-order valence-electron chi connectivity index (χ4n) is 2.57. The Balaban J connectivity index is 1.82. The maximum atomic E-state index is 11.9. The fraction of sp³-hybridized carbons (Fsp3) is 0.125. The van der Waals surface area contributed by atoms with Crippen LogP contribution in [-0.2, 0) is 6.54 Å². The average molecular weight is 339 g/mol. The molecule has 0 radical (unpaired) electrons. The molecule has 0 atom stereocenters. The van der Waals surface area contributed by atoms with Gasteiger partial charge in [0, 0.05) is 35.6 Å². The summed E-state index contributed by atoms with van der Waals surface area (Å²) in [7, 11) is 0. The highest BCUT2D eigenvalue weighted by Crippen LogP contribution is 2.33. The Morgan fingerprint density at radius 1 is 1.25 bits per heavy atom. The highest BCUT2D eigenvalue weighted by molar-refractivity contribution is 7.18. The van der Waals surface area contributed by atoms with Gasteiger partial charge >= 0.3 is 0 Å². The molecule has 0 saturated heterocycles. The first-order valence-electron chi connectivity index (χ1n) is 7.33. The Morgan fingerprint density at radius 2 is 2.17 bits per heavy atom. The largest absolute Gasteiger partial charge is 0.395 e. The number of thiazole rings is 1. The second-order valence-electron chi connectivity index (χ2n) is 5.15. The lowest BCUT2D eigenvalue weighted by atomic mass is 10.2. The number of hydrogen-bond donors (Lipinski definition) is 2. The van der Waals surface area contributed by atoms with Crippen LogP contribution in [0.2, 0.25) is 0 Å². The smallest absolute Gasteiger partial charge is 0.252 e. The summed E-state index contributed by atoms with van der Waals surface area (Å²) in [4.78, 5) is 21.4. The van der Waals surface area contributed by atoms with E-state index >= 15 is 0 Å². The zero-order valence-electron chi connectivity index (χ0n) is 12.5. The molecule has 0 bridgehead atoms. The number of aromatic nitrogens is 5. The third-order valence-corrected chi connectivity index (χ3v) is 4.75. The molecule has 0 aliphatic rings. The molecule has 7 nitrogen and oxygen atoms in total. The zero-order valence-corrected chi connectivity index (χ0v) is 13.3. The van der Waals surface area contributed by atoms with Crippen LogP contribution in [0.1, 0.15) is 0 Å². The molecule has 120 valence electrons. The second-order valence-corrected chi connectivity index (χ2v) is 6.18. The highest BCUT2D eigenvalue weighted by atomic mass is 32.1. The number of hydrogen-bond acceptors (Lipinski definition) is 6. The Kier molecular flexibility index (Phi) is 3.68. The van der Waals surface area contributed by atoms with Gasteiger partial charge in [0.1, 0.15) is 5.01 Å². The Morgan fingerprint density at radius 3 is 2.96 bits per heavy atom. The molecule has 0 aliphatic carbocycles. The van der Waals surface area contributed by atoms with Crippen molar-refractivity contribution in [3.63, 3.8) is 0 Å². The van der Waals surface area contributed by atoms with Gasteiger partial charge in [0.15, 0.2) is 5.65 Å². The van der Waals surface area contributed by atoms with Crippen LogP contribution < -0.4 is 5.56 Å². The number of pyridine rings is 2. The van der Waals surface area contributed by atoms with Crippen molar-refractivity contribution in [2.45, 2.75) is 6.54 Å². The van der Waals surface area contributed by atoms with Crippen LogP contribution in [-0.4, -0.2) is 36.4 Å². The zero-order chi connectivity index (χ0) is 16.5. The topological polar surface area (TPSA) is 96.7 Å². The summed E-state index contributed by atoms with van der Waals surface area (Å²) in [5.74, 6) is 0. The summed E-state index contributed by atoms with van der Waals surface area (Å²) in [5.41, 5.74) is 2.11. The molecular weight excluding hydrogens is 326 g/mol. The van der Waals surface area contributed by atoms with E-state index in [0.29, 0.717) is 5.65 Å². The lowest BCUT2D eigenvalue weighted by Gasteiger charge is -2.03. The van der Waals surface area contributed by atoms with Crippen LogP contribution in [0.5, 0.6) is 0 Å². The minimum absolute atomic E-state index is 0.118. The molecule has 0 unspecified atom stereocenters. The van der Waals surface area contributed by atoms with Crippen molar-refractivity contribution >= 4 is 22.4 Å². The van der Waals surface area contributed by atoms with Gasteiger partial charge in [0.2, 0.25) is 0 Å². The molecule has 0 aliphatic heterocycles. The first-order valence-corrected chi connectivity index (χ1v) is 8.15. The van der Waals surface area contributed by atoms with E-state index in [2.05, 4.69) is 20.2 Å². The van der Waals surface area contributed by atoms with E-state index in [9.17, 15) is 4.79 Å². The van der Waals surface area contributed by atoms with Gasteiger partial charge in [-0.2, -0.15) is 5.10 Å². The van der Waals surface area contributed by atoms with Gasteiger partial charge in [-0.3, -0.25) is 19.4 Å².